The highest BCUT2D eigenvalue weighted by molar-refractivity contribution is 8.15. The van der Waals surface area contributed by atoms with Crippen LogP contribution < -0.4 is 21.9 Å². The third kappa shape index (κ3) is 5.41. The lowest BCUT2D eigenvalue weighted by Crippen LogP contribution is -2.29. The van der Waals surface area contributed by atoms with Gasteiger partial charge in [0.1, 0.15) is 28.4 Å². The lowest BCUT2D eigenvalue weighted by molar-refractivity contribution is -0.122. The molecule has 11 nitrogen and oxygen atoms in total. The van der Waals surface area contributed by atoms with Crippen LogP contribution in [0.2, 0.25) is 0 Å². The first-order valence-corrected chi connectivity index (χ1v) is 11.0. The van der Waals surface area contributed by atoms with Gasteiger partial charge in [-0.1, -0.05) is 36.0 Å². The van der Waals surface area contributed by atoms with Gasteiger partial charge in [0.25, 0.3) is 5.56 Å². The Labute approximate surface area is 200 Å². The Balaban J connectivity index is 1.60. The molecule has 2 aromatic carbocycles. The second-order valence-corrected chi connectivity index (χ2v) is 8.62. The molecule has 6 N–H and O–H groups in total. The molecule has 2 amide bonds. The van der Waals surface area contributed by atoms with E-state index in [1.54, 1.807) is 6.07 Å². The summed E-state index contributed by atoms with van der Waals surface area (Å²) < 4.78 is 13.8. The van der Waals surface area contributed by atoms with Gasteiger partial charge in [0.05, 0.1) is 5.69 Å². The lowest BCUT2D eigenvalue weighted by Gasteiger charge is -2.14. The molecule has 0 unspecified atom stereocenters. The van der Waals surface area contributed by atoms with Gasteiger partial charge in [0.15, 0.2) is 5.17 Å². The Morgan fingerprint density at radius 3 is 2.49 bits per heavy atom. The van der Waals surface area contributed by atoms with Gasteiger partial charge in [0.2, 0.25) is 17.7 Å². The molecule has 4 rings (SSSR count). The molecule has 1 aromatic heterocycles. The van der Waals surface area contributed by atoms with E-state index in [0.717, 1.165) is 11.8 Å². The number of amides is 2. The van der Waals surface area contributed by atoms with E-state index < -0.39 is 46.1 Å². The van der Waals surface area contributed by atoms with E-state index in [-0.39, 0.29) is 28.6 Å². The maximum absolute atomic E-state index is 13.8. The highest BCUT2D eigenvalue weighted by Crippen LogP contribution is 2.32. The standard InChI is InChI=1S/C22H18FN5O6S/c23-12-3-1-2-4-13(12)24-15(30)9-14-18(31)28-22(35-14)25-17(10-5-7-11(29)8-6-10)16-19(32)26-21(34)27-20(16)33/h1-8,14,17,29H,9H2,(H,24,30)(H,25,28,31)(H3,26,27,32,33,34)/t14-,17+/m0/s1. The summed E-state index contributed by atoms with van der Waals surface area (Å²) in [6.07, 6.45) is -0.280. The molecule has 35 heavy (non-hydrogen) atoms. The summed E-state index contributed by atoms with van der Waals surface area (Å²) in [5.74, 6) is -2.50. The summed E-state index contributed by atoms with van der Waals surface area (Å²) in [4.78, 5) is 57.2. The van der Waals surface area contributed by atoms with Crippen LogP contribution in [-0.2, 0) is 9.59 Å². The monoisotopic (exact) mass is 499 g/mol. The topological polar surface area (TPSA) is 177 Å². The zero-order valence-corrected chi connectivity index (χ0v) is 18.6. The zero-order valence-electron chi connectivity index (χ0n) is 17.7. The number of halogens is 1. The number of carbonyl (C=O) groups excluding carboxylic acids is 2. The quantitative estimate of drug-likeness (QED) is 0.296. The van der Waals surface area contributed by atoms with Crippen LogP contribution in [0.25, 0.3) is 0 Å². The second-order valence-electron chi connectivity index (χ2n) is 7.43. The van der Waals surface area contributed by atoms with Gasteiger partial charge < -0.3 is 20.8 Å². The van der Waals surface area contributed by atoms with Gasteiger partial charge in [-0.25, -0.2) is 14.2 Å². The number of H-pyrrole nitrogens is 2. The van der Waals surface area contributed by atoms with E-state index in [0.29, 0.717) is 5.56 Å². The molecule has 0 aliphatic carbocycles. The van der Waals surface area contributed by atoms with Crippen LogP contribution in [-0.4, -0.2) is 42.4 Å². The molecule has 1 fully saturated rings. The molecular weight excluding hydrogens is 481 g/mol. The van der Waals surface area contributed by atoms with Crippen molar-refractivity contribution in [1.29, 1.82) is 0 Å². The molecule has 13 heteroatoms. The third-order valence-electron chi connectivity index (χ3n) is 4.98. The number of anilines is 1. The summed E-state index contributed by atoms with van der Waals surface area (Å²) in [5.41, 5.74) is -1.77. The summed E-state index contributed by atoms with van der Waals surface area (Å²) in [6, 6.07) is 10.0. The summed E-state index contributed by atoms with van der Waals surface area (Å²) in [5, 5.41) is 23.9. The van der Waals surface area contributed by atoms with Crippen molar-refractivity contribution >= 4 is 34.4 Å². The molecule has 2 heterocycles. The number of rotatable bonds is 6. The fraction of sp³-hybridized carbons (Fsp3) is 0.136. The number of benzene rings is 2. The predicted octanol–water partition coefficient (Wildman–Crippen LogP) is 1.32. The molecular formula is C22H18FN5O6S. The first-order valence-electron chi connectivity index (χ1n) is 10.2. The Bertz CT molecular complexity index is 1440. The first-order chi connectivity index (χ1) is 16.7. The molecule has 3 aromatic rings. The summed E-state index contributed by atoms with van der Waals surface area (Å²) in [7, 11) is 0. The number of aromatic amines is 2. The molecule has 1 aliphatic rings. The van der Waals surface area contributed by atoms with E-state index in [1.165, 1.54) is 42.5 Å². The van der Waals surface area contributed by atoms with Crippen molar-refractivity contribution in [2.75, 3.05) is 5.32 Å². The Hall–Kier alpha value is -4.39. The van der Waals surface area contributed by atoms with Gasteiger partial charge >= 0.3 is 5.69 Å². The van der Waals surface area contributed by atoms with Crippen LogP contribution in [0.3, 0.4) is 0 Å². The van der Waals surface area contributed by atoms with Gasteiger partial charge in [0, 0.05) is 6.42 Å². The molecule has 2 atom stereocenters. The molecule has 180 valence electrons. The van der Waals surface area contributed by atoms with Crippen molar-refractivity contribution in [3.05, 3.63) is 86.3 Å². The number of nitrogens with zero attached hydrogens (tertiary/aromatic N) is 1. The van der Waals surface area contributed by atoms with Crippen LogP contribution >= 0.6 is 11.8 Å². The maximum atomic E-state index is 13.8. The second kappa shape index (κ2) is 9.85. The number of thioether (sulfide) groups is 1. The van der Waals surface area contributed by atoms with Gasteiger partial charge in [-0.05, 0) is 29.8 Å². The number of para-hydroxylation sites is 1. The molecule has 0 radical (unpaired) electrons. The number of hydrogen-bond donors (Lipinski definition) is 6. The lowest BCUT2D eigenvalue weighted by atomic mass is 10.0. The Morgan fingerprint density at radius 1 is 1.09 bits per heavy atom. The number of nitrogens with one attached hydrogen (secondary N) is 4. The third-order valence-corrected chi connectivity index (χ3v) is 6.08. The van der Waals surface area contributed by atoms with Crippen LogP contribution in [0.5, 0.6) is 11.6 Å². The number of hydrogen-bond acceptors (Lipinski definition) is 8. The number of aromatic nitrogens is 2. The minimum absolute atomic E-state index is 0.0186. The Morgan fingerprint density at radius 2 is 1.80 bits per heavy atom. The average molecular weight is 499 g/mol. The van der Waals surface area contributed by atoms with E-state index >= 15 is 0 Å². The van der Waals surface area contributed by atoms with Crippen molar-refractivity contribution in [1.82, 2.24) is 15.3 Å². The van der Waals surface area contributed by atoms with E-state index in [4.69, 9.17) is 0 Å². The number of amidine groups is 1. The molecule has 1 aliphatic heterocycles. The Kier molecular flexibility index (Phi) is 6.68. The van der Waals surface area contributed by atoms with Crippen molar-refractivity contribution in [2.45, 2.75) is 17.7 Å². The smallest absolute Gasteiger partial charge is 0.328 e. The van der Waals surface area contributed by atoms with Gasteiger partial charge in [-0.3, -0.25) is 24.4 Å². The average Bonchev–Trinajstić information content (AvgIpc) is 3.13. The summed E-state index contributed by atoms with van der Waals surface area (Å²) >= 11 is 0.917. The van der Waals surface area contributed by atoms with Crippen LogP contribution in [0.4, 0.5) is 10.1 Å². The van der Waals surface area contributed by atoms with Crippen molar-refractivity contribution < 1.29 is 24.2 Å². The fourth-order valence-corrected chi connectivity index (χ4v) is 4.35. The molecule has 0 saturated carbocycles. The largest absolute Gasteiger partial charge is 0.508 e. The minimum atomic E-state index is -1.18. The van der Waals surface area contributed by atoms with Crippen molar-refractivity contribution in [3.63, 3.8) is 0 Å². The number of aromatic hydroxyl groups is 2. The highest BCUT2D eigenvalue weighted by atomic mass is 32.2. The van der Waals surface area contributed by atoms with Crippen LogP contribution in [0.15, 0.2) is 63.1 Å². The van der Waals surface area contributed by atoms with E-state index in [1.807, 2.05) is 4.98 Å². The highest BCUT2D eigenvalue weighted by Gasteiger charge is 2.34. The minimum Gasteiger partial charge on any atom is -0.508 e. The maximum Gasteiger partial charge on any atom is 0.328 e. The molecule has 0 spiro atoms. The number of aliphatic imine (C=N–C) groups is 1. The van der Waals surface area contributed by atoms with Gasteiger partial charge in [-0.15, -0.1) is 0 Å². The number of phenolic OH excluding ortho intramolecular Hbond substituents is 1. The first kappa shape index (κ1) is 23.8. The van der Waals surface area contributed by atoms with Crippen molar-refractivity contribution in [2.24, 2.45) is 4.99 Å². The number of phenols is 1. The normalized spacial score (nSPS) is 17.2. The predicted molar refractivity (Wildman–Crippen MR) is 126 cm³/mol. The van der Waals surface area contributed by atoms with E-state index in [2.05, 4.69) is 20.6 Å². The van der Waals surface area contributed by atoms with Gasteiger partial charge in [-0.2, -0.15) is 0 Å². The van der Waals surface area contributed by atoms with Crippen molar-refractivity contribution in [3.8, 4) is 11.6 Å². The summed E-state index contributed by atoms with van der Waals surface area (Å²) in [6.45, 7) is 0. The van der Waals surface area contributed by atoms with Crippen LogP contribution in [0.1, 0.15) is 23.6 Å². The fourth-order valence-electron chi connectivity index (χ4n) is 3.35. The molecule has 0 bridgehead atoms. The van der Waals surface area contributed by atoms with Crippen LogP contribution in [0, 0.1) is 5.82 Å². The molecule has 1 saturated heterocycles. The SMILES string of the molecule is O=C(C[C@@H]1SC(=N[C@H](c2ccc(O)cc2)c2c(O)[nH]c(=O)[nH]c2=O)NC1=O)Nc1ccccc1F. The van der Waals surface area contributed by atoms with E-state index in [9.17, 15) is 33.8 Å². The number of carbonyl (C=O) groups is 2. The zero-order chi connectivity index (χ0) is 25.1.